The van der Waals surface area contributed by atoms with Gasteiger partial charge < -0.3 is 24.4 Å². The number of carbonyl (C=O) groups is 2. The zero-order chi connectivity index (χ0) is 19.6. The number of carbonyl (C=O) groups excluding carboxylic acids is 1. The van der Waals surface area contributed by atoms with E-state index < -0.39 is 0 Å². The fourth-order valence-electron chi connectivity index (χ4n) is 3.79. The smallest absolute Gasteiger partial charge is 0.290 e. The van der Waals surface area contributed by atoms with Crippen LogP contribution in [0.3, 0.4) is 0 Å². The lowest BCUT2D eigenvalue weighted by Gasteiger charge is -2.29. The molecule has 150 valence electrons. The Morgan fingerprint density at radius 1 is 1.19 bits per heavy atom. The summed E-state index contributed by atoms with van der Waals surface area (Å²) in [5.74, 6) is 2.24. The molecule has 2 atom stereocenters. The van der Waals surface area contributed by atoms with Crippen LogP contribution in [0.2, 0.25) is 0 Å². The van der Waals surface area contributed by atoms with Crippen molar-refractivity contribution < 1.29 is 24.2 Å². The van der Waals surface area contributed by atoms with Gasteiger partial charge in [-0.15, -0.1) is 0 Å². The average Bonchev–Trinajstić information content (AvgIpc) is 2.85. The molecular formula is C20H30N2O5. The first-order valence-electron chi connectivity index (χ1n) is 9.42. The van der Waals surface area contributed by atoms with Gasteiger partial charge in [-0.1, -0.05) is 6.42 Å². The lowest BCUT2D eigenvalue weighted by atomic mass is 9.99. The van der Waals surface area contributed by atoms with Crippen LogP contribution in [-0.4, -0.2) is 73.7 Å². The molecule has 0 aliphatic carbocycles. The van der Waals surface area contributed by atoms with E-state index >= 15 is 0 Å². The summed E-state index contributed by atoms with van der Waals surface area (Å²) < 4.78 is 11.0. The molecule has 1 aromatic rings. The third-order valence-corrected chi connectivity index (χ3v) is 5.23. The topological polar surface area (TPSA) is 79.3 Å². The van der Waals surface area contributed by atoms with Gasteiger partial charge in [-0.25, -0.2) is 0 Å². The Morgan fingerprint density at radius 2 is 1.85 bits per heavy atom. The highest BCUT2D eigenvalue weighted by atomic mass is 16.5. The minimum absolute atomic E-state index is 0.185. The third-order valence-electron chi connectivity index (χ3n) is 5.23. The van der Waals surface area contributed by atoms with Gasteiger partial charge in [0.15, 0.2) is 0 Å². The van der Waals surface area contributed by atoms with Crippen molar-refractivity contribution in [1.82, 2.24) is 9.80 Å². The molecule has 27 heavy (non-hydrogen) atoms. The van der Waals surface area contributed by atoms with Crippen LogP contribution in [0.4, 0.5) is 0 Å². The lowest BCUT2D eigenvalue weighted by molar-refractivity contribution is -0.134. The van der Waals surface area contributed by atoms with E-state index in [2.05, 4.69) is 4.90 Å². The average molecular weight is 378 g/mol. The number of benzene rings is 1. The minimum atomic E-state index is -0.250. The van der Waals surface area contributed by atoms with Gasteiger partial charge in [0.2, 0.25) is 5.91 Å². The number of methoxy groups -OCH3 is 1. The number of hydrogen-bond donors (Lipinski definition) is 1. The molecule has 0 saturated carbocycles. The van der Waals surface area contributed by atoms with Crippen LogP contribution in [0.5, 0.6) is 11.5 Å². The summed E-state index contributed by atoms with van der Waals surface area (Å²) in [4.78, 5) is 25.2. The predicted octanol–water partition coefficient (Wildman–Crippen LogP) is 2.11. The van der Waals surface area contributed by atoms with Crippen molar-refractivity contribution in [3.05, 3.63) is 24.3 Å². The van der Waals surface area contributed by atoms with Gasteiger partial charge in [-0.3, -0.25) is 9.59 Å². The number of nitrogens with zero attached hydrogens (tertiary/aromatic N) is 2. The summed E-state index contributed by atoms with van der Waals surface area (Å²) in [6.07, 6.45) is 4.33. The quantitative estimate of drug-likeness (QED) is 0.603. The molecule has 2 aliphatic heterocycles. The second-order valence-corrected chi connectivity index (χ2v) is 6.97. The molecule has 7 heteroatoms. The van der Waals surface area contributed by atoms with Gasteiger partial charge in [0, 0.05) is 32.7 Å². The van der Waals surface area contributed by atoms with E-state index in [9.17, 15) is 4.79 Å². The van der Waals surface area contributed by atoms with Crippen molar-refractivity contribution in [1.29, 1.82) is 0 Å². The summed E-state index contributed by atoms with van der Waals surface area (Å²) >= 11 is 0. The largest absolute Gasteiger partial charge is 0.497 e. The molecule has 2 bridgehead atoms. The molecule has 0 unspecified atom stereocenters. The molecular weight excluding hydrogens is 348 g/mol. The van der Waals surface area contributed by atoms with E-state index in [4.69, 9.17) is 19.4 Å². The second-order valence-electron chi connectivity index (χ2n) is 6.97. The van der Waals surface area contributed by atoms with Crippen molar-refractivity contribution in [3.63, 3.8) is 0 Å². The predicted molar refractivity (Wildman–Crippen MR) is 102 cm³/mol. The van der Waals surface area contributed by atoms with Crippen LogP contribution < -0.4 is 9.47 Å². The van der Waals surface area contributed by atoms with E-state index in [1.54, 1.807) is 7.11 Å². The zero-order valence-corrected chi connectivity index (χ0v) is 16.2. The molecule has 3 rings (SSSR count). The highest BCUT2D eigenvalue weighted by Gasteiger charge is 2.36. The molecule has 2 fully saturated rings. The number of ether oxygens (including phenoxy) is 2. The number of likely N-dealkylation sites (tertiary alicyclic amines) is 1. The SMILES string of the molecule is COc1ccc(OCCCN2C[C@H]3CCC[C@@H](C2)N(C)C3=O)cc1.O=CO. The monoisotopic (exact) mass is 378 g/mol. The molecule has 0 spiro atoms. The molecule has 2 saturated heterocycles. The van der Waals surface area contributed by atoms with Crippen LogP contribution in [-0.2, 0) is 9.59 Å². The first kappa shape index (κ1) is 21.0. The minimum Gasteiger partial charge on any atom is -0.497 e. The zero-order valence-electron chi connectivity index (χ0n) is 16.2. The Morgan fingerprint density at radius 3 is 2.52 bits per heavy atom. The molecule has 0 radical (unpaired) electrons. The van der Waals surface area contributed by atoms with E-state index in [1.165, 1.54) is 6.42 Å². The lowest BCUT2D eigenvalue weighted by Crippen LogP contribution is -2.40. The van der Waals surface area contributed by atoms with Crippen LogP contribution in [0.15, 0.2) is 24.3 Å². The van der Waals surface area contributed by atoms with Crippen molar-refractivity contribution in [3.8, 4) is 11.5 Å². The molecule has 0 aromatic heterocycles. The Kier molecular flexibility index (Phi) is 8.39. The normalized spacial score (nSPS) is 22.3. The summed E-state index contributed by atoms with van der Waals surface area (Å²) in [6, 6.07) is 8.07. The van der Waals surface area contributed by atoms with Crippen LogP contribution in [0.1, 0.15) is 25.7 Å². The highest BCUT2D eigenvalue weighted by molar-refractivity contribution is 5.79. The number of hydrogen-bond acceptors (Lipinski definition) is 5. The van der Waals surface area contributed by atoms with Crippen molar-refractivity contribution in [2.75, 3.05) is 40.4 Å². The van der Waals surface area contributed by atoms with Crippen molar-refractivity contribution in [2.24, 2.45) is 5.92 Å². The Labute approximate surface area is 160 Å². The third kappa shape index (κ3) is 6.13. The number of fused-ring (bicyclic) bond motifs is 3. The summed E-state index contributed by atoms with van der Waals surface area (Å²) in [7, 11) is 3.64. The standard InChI is InChI=1S/C19H28N2O3.CH2O2/c1-20-16-6-3-5-15(19(20)22)13-21(14-16)11-4-12-24-18-9-7-17(23-2)8-10-18;2-1-3/h7-10,15-16H,3-6,11-14H2,1-2H3;1H,(H,2,3)/t15-,16+;/m1./s1. The molecule has 2 heterocycles. The molecule has 1 amide bonds. The molecule has 2 aliphatic rings. The van der Waals surface area contributed by atoms with E-state index in [-0.39, 0.29) is 12.4 Å². The van der Waals surface area contributed by atoms with Gasteiger partial charge in [-0.05, 0) is 43.5 Å². The maximum absolute atomic E-state index is 12.4. The van der Waals surface area contributed by atoms with Crippen LogP contribution >= 0.6 is 0 Å². The van der Waals surface area contributed by atoms with Gasteiger partial charge >= 0.3 is 0 Å². The number of likely N-dealkylation sites (N-methyl/N-ethyl adjacent to an activating group) is 1. The van der Waals surface area contributed by atoms with Crippen molar-refractivity contribution >= 4 is 12.4 Å². The fourth-order valence-corrected chi connectivity index (χ4v) is 3.79. The van der Waals surface area contributed by atoms with Crippen LogP contribution in [0, 0.1) is 5.92 Å². The second kappa shape index (κ2) is 10.8. The number of amides is 1. The summed E-state index contributed by atoms with van der Waals surface area (Å²) in [5.41, 5.74) is 0. The van der Waals surface area contributed by atoms with Gasteiger partial charge in [-0.2, -0.15) is 0 Å². The number of carboxylic acid groups (broad SMARTS) is 1. The number of rotatable bonds is 6. The van der Waals surface area contributed by atoms with Gasteiger partial charge in [0.05, 0.1) is 19.6 Å². The maximum Gasteiger partial charge on any atom is 0.290 e. The fraction of sp³-hybridized carbons (Fsp3) is 0.600. The molecule has 1 N–H and O–H groups in total. The van der Waals surface area contributed by atoms with Gasteiger partial charge in [0.1, 0.15) is 11.5 Å². The van der Waals surface area contributed by atoms with Crippen molar-refractivity contribution in [2.45, 2.75) is 31.7 Å². The van der Waals surface area contributed by atoms with E-state index in [1.807, 2.05) is 36.2 Å². The van der Waals surface area contributed by atoms with Crippen LogP contribution in [0.25, 0.3) is 0 Å². The molecule has 7 nitrogen and oxygen atoms in total. The Bertz CT molecular complexity index is 593. The highest BCUT2D eigenvalue weighted by Crippen LogP contribution is 2.26. The first-order chi connectivity index (χ1) is 13.1. The van der Waals surface area contributed by atoms with E-state index in [0.717, 1.165) is 50.4 Å². The summed E-state index contributed by atoms with van der Waals surface area (Å²) in [6.45, 7) is 3.34. The van der Waals surface area contributed by atoms with Gasteiger partial charge in [0.25, 0.3) is 6.47 Å². The van der Waals surface area contributed by atoms with E-state index in [0.29, 0.717) is 18.6 Å². The molecule has 1 aromatic carbocycles. The summed E-state index contributed by atoms with van der Waals surface area (Å²) in [5, 5.41) is 6.89. The maximum atomic E-state index is 12.4. The first-order valence-corrected chi connectivity index (χ1v) is 9.42. The Hall–Kier alpha value is -2.28. The Balaban J connectivity index is 0.000000817.